The topological polar surface area (TPSA) is 68.5 Å². The highest BCUT2D eigenvalue weighted by Gasteiger charge is 2.21. The quantitative estimate of drug-likeness (QED) is 0.895. The predicted octanol–water partition coefficient (Wildman–Crippen LogP) is 2.42. The van der Waals surface area contributed by atoms with E-state index in [4.69, 9.17) is 10.5 Å². The van der Waals surface area contributed by atoms with E-state index in [9.17, 15) is 4.79 Å². The number of pyridine rings is 1. The minimum absolute atomic E-state index is 0.326. The molecule has 1 aromatic rings. The van der Waals surface area contributed by atoms with Gasteiger partial charge in [-0.05, 0) is 39.3 Å². The van der Waals surface area contributed by atoms with Crippen LogP contribution in [0.25, 0.3) is 0 Å². The first kappa shape index (κ1) is 14.3. The average molecular weight is 251 g/mol. The Morgan fingerprint density at radius 2 is 2.11 bits per heavy atom. The van der Waals surface area contributed by atoms with E-state index in [-0.39, 0.29) is 6.09 Å². The van der Waals surface area contributed by atoms with E-state index < -0.39 is 5.60 Å². The molecule has 1 rings (SSSR count). The van der Waals surface area contributed by atoms with E-state index in [0.717, 1.165) is 5.56 Å². The van der Waals surface area contributed by atoms with Gasteiger partial charge in [-0.2, -0.15) is 0 Å². The van der Waals surface area contributed by atoms with Gasteiger partial charge in [-0.15, -0.1) is 0 Å². The monoisotopic (exact) mass is 251 g/mol. The molecule has 1 heterocycles. The van der Waals surface area contributed by atoms with Gasteiger partial charge in [0.25, 0.3) is 0 Å². The van der Waals surface area contributed by atoms with Crippen LogP contribution in [-0.2, 0) is 11.3 Å². The van der Waals surface area contributed by atoms with Crippen molar-refractivity contribution in [1.82, 2.24) is 9.88 Å². The first-order valence-electron chi connectivity index (χ1n) is 5.99. The maximum Gasteiger partial charge on any atom is 0.410 e. The smallest absolute Gasteiger partial charge is 0.410 e. The van der Waals surface area contributed by atoms with Gasteiger partial charge in [-0.1, -0.05) is 0 Å². The van der Waals surface area contributed by atoms with Crippen LogP contribution in [-0.4, -0.2) is 28.1 Å². The van der Waals surface area contributed by atoms with Crippen LogP contribution < -0.4 is 5.73 Å². The molecule has 0 aromatic carbocycles. The Bertz CT molecular complexity index is 413. The number of rotatable bonds is 3. The van der Waals surface area contributed by atoms with Crippen LogP contribution in [0, 0.1) is 0 Å². The molecule has 1 amide bonds. The molecule has 5 nitrogen and oxygen atoms in total. The lowest BCUT2D eigenvalue weighted by atomic mass is 10.2. The third-order valence-electron chi connectivity index (χ3n) is 2.22. The first-order chi connectivity index (χ1) is 8.31. The summed E-state index contributed by atoms with van der Waals surface area (Å²) < 4.78 is 5.33. The summed E-state index contributed by atoms with van der Waals surface area (Å²) in [6.45, 7) is 8.47. The molecule has 18 heavy (non-hydrogen) atoms. The molecule has 0 radical (unpaired) electrons. The van der Waals surface area contributed by atoms with Crippen LogP contribution in [0.3, 0.4) is 0 Å². The number of carbonyl (C=O) groups is 1. The fourth-order valence-electron chi connectivity index (χ4n) is 1.45. The summed E-state index contributed by atoms with van der Waals surface area (Å²) in [6.07, 6.45) is 2.95. The molecule has 0 saturated carbocycles. The van der Waals surface area contributed by atoms with Crippen LogP contribution in [0.5, 0.6) is 0 Å². The Kier molecular flexibility index (Phi) is 4.53. The van der Waals surface area contributed by atoms with Crippen molar-refractivity contribution >= 4 is 11.8 Å². The van der Waals surface area contributed by atoms with Gasteiger partial charge in [0.2, 0.25) is 0 Å². The molecular weight excluding hydrogens is 230 g/mol. The zero-order valence-electron chi connectivity index (χ0n) is 11.4. The van der Waals surface area contributed by atoms with E-state index in [1.807, 2.05) is 27.7 Å². The Labute approximate surface area is 108 Å². The number of hydrogen-bond acceptors (Lipinski definition) is 4. The van der Waals surface area contributed by atoms with Gasteiger partial charge in [0.05, 0.1) is 12.2 Å². The van der Waals surface area contributed by atoms with E-state index in [0.29, 0.717) is 18.8 Å². The Morgan fingerprint density at radius 1 is 1.44 bits per heavy atom. The van der Waals surface area contributed by atoms with Gasteiger partial charge in [0.15, 0.2) is 0 Å². The maximum atomic E-state index is 11.9. The highest BCUT2D eigenvalue weighted by Crippen LogP contribution is 2.13. The normalized spacial score (nSPS) is 11.1. The molecule has 0 fully saturated rings. The second-order valence-corrected chi connectivity index (χ2v) is 5.12. The molecular formula is C13H21N3O2. The number of nitrogen functional groups attached to an aromatic ring is 1. The lowest BCUT2D eigenvalue weighted by molar-refractivity contribution is 0.0244. The summed E-state index contributed by atoms with van der Waals surface area (Å²) in [5, 5.41) is 0. The van der Waals surface area contributed by atoms with Crippen molar-refractivity contribution < 1.29 is 9.53 Å². The van der Waals surface area contributed by atoms with Gasteiger partial charge >= 0.3 is 6.09 Å². The third kappa shape index (κ3) is 4.61. The minimum atomic E-state index is -0.488. The summed E-state index contributed by atoms with van der Waals surface area (Å²) in [6, 6.07) is 1.81. The van der Waals surface area contributed by atoms with Gasteiger partial charge < -0.3 is 15.4 Å². The minimum Gasteiger partial charge on any atom is -0.444 e. The van der Waals surface area contributed by atoms with Crippen LogP contribution in [0.2, 0.25) is 0 Å². The van der Waals surface area contributed by atoms with Crippen molar-refractivity contribution in [3.05, 3.63) is 24.0 Å². The zero-order chi connectivity index (χ0) is 13.8. The van der Waals surface area contributed by atoms with Crippen molar-refractivity contribution in [3.63, 3.8) is 0 Å². The second-order valence-electron chi connectivity index (χ2n) is 5.12. The molecule has 100 valence electrons. The SMILES string of the molecule is CCN(Cc1cncc(N)c1)C(=O)OC(C)(C)C. The van der Waals surface area contributed by atoms with Gasteiger partial charge in [0.1, 0.15) is 5.60 Å². The Morgan fingerprint density at radius 3 is 2.61 bits per heavy atom. The van der Waals surface area contributed by atoms with E-state index >= 15 is 0 Å². The summed E-state index contributed by atoms with van der Waals surface area (Å²) in [7, 11) is 0. The van der Waals surface area contributed by atoms with Crippen molar-refractivity contribution in [1.29, 1.82) is 0 Å². The van der Waals surface area contributed by atoms with E-state index in [1.165, 1.54) is 0 Å². The molecule has 0 aliphatic carbocycles. The number of nitrogens with zero attached hydrogens (tertiary/aromatic N) is 2. The fourth-order valence-corrected chi connectivity index (χ4v) is 1.45. The van der Waals surface area contributed by atoms with Crippen LogP contribution in [0.15, 0.2) is 18.5 Å². The molecule has 0 aliphatic rings. The average Bonchev–Trinajstić information content (AvgIpc) is 2.23. The fraction of sp³-hybridized carbons (Fsp3) is 0.538. The lowest BCUT2D eigenvalue weighted by Crippen LogP contribution is -2.36. The molecule has 1 aromatic heterocycles. The molecule has 0 saturated heterocycles. The van der Waals surface area contributed by atoms with Gasteiger partial charge in [0, 0.05) is 18.9 Å². The highest BCUT2D eigenvalue weighted by molar-refractivity contribution is 5.68. The van der Waals surface area contributed by atoms with Crippen molar-refractivity contribution in [2.45, 2.75) is 39.8 Å². The lowest BCUT2D eigenvalue weighted by Gasteiger charge is -2.26. The standard InChI is InChI=1S/C13H21N3O2/c1-5-16(12(17)18-13(2,3)4)9-10-6-11(14)8-15-7-10/h6-8H,5,9,14H2,1-4H3. The first-order valence-corrected chi connectivity index (χ1v) is 5.99. The maximum absolute atomic E-state index is 11.9. The third-order valence-corrected chi connectivity index (χ3v) is 2.22. The van der Waals surface area contributed by atoms with Gasteiger partial charge in [-0.25, -0.2) is 4.79 Å². The summed E-state index contributed by atoms with van der Waals surface area (Å²) >= 11 is 0. The number of carbonyl (C=O) groups excluding carboxylic acids is 1. The zero-order valence-corrected chi connectivity index (χ0v) is 11.4. The van der Waals surface area contributed by atoms with Crippen molar-refractivity contribution in [3.8, 4) is 0 Å². The molecule has 2 N–H and O–H groups in total. The molecule has 0 unspecified atom stereocenters. The second kappa shape index (κ2) is 5.71. The predicted molar refractivity (Wildman–Crippen MR) is 71.0 cm³/mol. The van der Waals surface area contributed by atoms with Crippen LogP contribution >= 0.6 is 0 Å². The molecule has 0 atom stereocenters. The summed E-state index contributed by atoms with van der Waals surface area (Å²) in [5.41, 5.74) is 6.65. The molecule has 0 spiro atoms. The number of ether oxygens (including phenoxy) is 1. The van der Waals surface area contributed by atoms with Crippen molar-refractivity contribution in [2.24, 2.45) is 0 Å². The number of anilines is 1. The Balaban J connectivity index is 2.70. The molecule has 0 aliphatic heterocycles. The Hall–Kier alpha value is -1.78. The van der Waals surface area contributed by atoms with Crippen molar-refractivity contribution in [2.75, 3.05) is 12.3 Å². The van der Waals surface area contributed by atoms with E-state index in [1.54, 1.807) is 23.4 Å². The van der Waals surface area contributed by atoms with Crippen LogP contribution in [0.1, 0.15) is 33.3 Å². The summed E-state index contributed by atoms with van der Waals surface area (Å²) in [4.78, 5) is 17.5. The molecule has 0 bridgehead atoms. The van der Waals surface area contributed by atoms with E-state index in [2.05, 4.69) is 4.98 Å². The number of amides is 1. The largest absolute Gasteiger partial charge is 0.444 e. The molecule has 5 heteroatoms. The van der Waals surface area contributed by atoms with Crippen LogP contribution in [0.4, 0.5) is 10.5 Å². The number of aromatic nitrogens is 1. The summed E-state index contributed by atoms with van der Waals surface area (Å²) in [5.74, 6) is 0. The highest BCUT2D eigenvalue weighted by atomic mass is 16.6. The number of hydrogen-bond donors (Lipinski definition) is 1. The number of nitrogens with two attached hydrogens (primary N) is 1. The van der Waals surface area contributed by atoms with Gasteiger partial charge in [-0.3, -0.25) is 4.98 Å².